The number of nitrogens with zero attached hydrogens (tertiary/aromatic N) is 2. The molecule has 0 aliphatic heterocycles. The Morgan fingerprint density at radius 1 is 1.19 bits per heavy atom. The fourth-order valence-corrected chi connectivity index (χ4v) is 5.79. The van der Waals surface area contributed by atoms with Crippen molar-refractivity contribution in [3.05, 3.63) is 45.6 Å². The average Bonchev–Trinajstić information content (AvgIpc) is 3.73. The SMILES string of the molecule is CNc1ccc(N(C(=O)C#CC(O)(O)O)c2cc(C)c(Br)cc2C2CC2)nc1C(=N)O[C@@H]1CC[C@H](C(=O)O)C(C)(C)C1. The first-order chi connectivity index (χ1) is 19.6. The molecule has 1 aromatic heterocycles. The Bertz CT molecular complexity index is 1470. The van der Waals surface area contributed by atoms with Gasteiger partial charge in [-0.05, 0) is 85.8 Å². The number of carbonyl (C=O) groups is 2. The van der Waals surface area contributed by atoms with Crippen molar-refractivity contribution >= 4 is 50.9 Å². The molecule has 0 radical (unpaired) electrons. The van der Waals surface area contributed by atoms with E-state index in [9.17, 15) is 30.0 Å². The predicted octanol–water partition coefficient (Wildman–Crippen LogP) is 3.99. The van der Waals surface area contributed by atoms with E-state index >= 15 is 0 Å². The first kappa shape index (κ1) is 31.4. The number of aliphatic hydroxyl groups is 3. The standard InChI is InChI=1S/C30H35BrN4O7/c1-16-13-23(19(14-21(16)31)17-5-6-17)35(25(36)11-12-30(39,40)41)24-10-9-22(33-4)26(34-24)27(32)42-18-7-8-20(28(37)38)29(2,3)15-18/h9-10,13-14,17-18,20,32-33,39-41H,5-8,15H2,1-4H3,(H,37,38)/t18-,20-/m1/s1. The van der Waals surface area contributed by atoms with Crippen LogP contribution < -0.4 is 10.2 Å². The van der Waals surface area contributed by atoms with Gasteiger partial charge >= 0.3 is 17.8 Å². The number of halogens is 1. The van der Waals surface area contributed by atoms with Crippen molar-refractivity contribution in [2.24, 2.45) is 11.3 Å². The summed E-state index contributed by atoms with van der Waals surface area (Å²) in [4.78, 5) is 31.1. The quantitative estimate of drug-likeness (QED) is 0.113. The van der Waals surface area contributed by atoms with E-state index in [1.54, 1.807) is 31.2 Å². The summed E-state index contributed by atoms with van der Waals surface area (Å²) in [7, 11) is 1.66. The number of carbonyl (C=O) groups excluding carboxylic acids is 1. The van der Waals surface area contributed by atoms with Crippen LogP contribution in [0.5, 0.6) is 0 Å². The summed E-state index contributed by atoms with van der Waals surface area (Å²) in [6.07, 6.45) is 2.78. The number of hydrogen-bond acceptors (Lipinski definition) is 9. The molecule has 2 saturated carbocycles. The molecule has 2 atom stereocenters. The van der Waals surface area contributed by atoms with E-state index in [1.807, 2.05) is 26.8 Å². The number of aryl methyl sites for hydroxylation is 1. The van der Waals surface area contributed by atoms with Crippen LogP contribution in [0.25, 0.3) is 0 Å². The number of ether oxygens (including phenoxy) is 1. The molecular formula is C30H35BrN4O7. The van der Waals surface area contributed by atoms with Crippen LogP contribution in [-0.2, 0) is 14.3 Å². The van der Waals surface area contributed by atoms with Gasteiger partial charge in [0.2, 0.25) is 5.90 Å². The van der Waals surface area contributed by atoms with Gasteiger partial charge in [-0.1, -0.05) is 29.8 Å². The van der Waals surface area contributed by atoms with Crippen LogP contribution in [0.1, 0.15) is 68.7 Å². The monoisotopic (exact) mass is 642 g/mol. The second-order valence-corrected chi connectivity index (χ2v) is 12.4. The molecular weight excluding hydrogens is 608 g/mol. The van der Waals surface area contributed by atoms with Crippen LogP contribution in [-0.4, -0.2) is 62.3 Å². The van der Waals surface area contributed by atoms with Crippen molar-refractivity contribution in [3.63, 3.8) is 0 Å². The summed E-state index contributed by atoms with van der Waals surface area (Å²) in [6, 6.07) is 6.96. The number of anilines is 3. The van der Waals surface area contributed by atoms with Gasteiger partial charge in [0.1, 0.15) is 17.6 Å². The smallest absolute Gasteiger partial charge is 0.346 e. The van der Waals surface area contributed by atoms with Gasteiger partial charge in [-0.3, -0.25) is 19.9 Å². The minimum absolute atomic E-state index is 0.106. The highest BCUT2D eigenvalue weighted by atomic mass is 79.9. The second-order valence-electron chi connectivity index (χ2n) is 11.5. The zero-order valence-electron chi connectivity index (χ0n) is 23.9. The van der Waals surface area contributed by atoms with Gasteiger partial charge in [0.05, 0.1) is 17.3 Å². The van der Waals surface area contributed by atoms with Crippen LogP contribution in [0.15, 0.2) is 28.7 Å². The highest BCUT2D eigenvalue weighted by molar-refractivity contribution is 9.10. The number of nitrogens with one attached hydrogen (secondary N) is 2. The molecule has 42 heavy (non-hydrogen) atoms. The number of benzene rings is 1. The molecule has 1 amide bonds. The van der Waals surface area contributed by atoms with Gasteiger partial charge in [0, 0.05) is 23.4 Å². The summed E-state index contributed by atoms with van der Waals surface area (Å²) in [5.74, 6) is -1.71. The number of amides is 1. The normalized spacial score (nSPS) is 19.7. The fourth-order valence-electron chi connectivity index (χ4n) is 5.43. The molecule has 1 aromatic carbocycles. The van der Waals surface area contributed by atoms with Gasteiger partial charge in [-0.25, -0.2) is 4.98 Å². The van der Waals surface area contributed by atoms with Crippen molar-refractivity contribution < 1.29 is 34.8 Å². The number of aromatic nitrogens is 1. The summed E-state index contributed by atoms with van der Waals surface area (Å²) >= 11 is 3.56. The molecule has 0 bridgehead atoms. The molecule has 2 fully saturated rings. The topological polar surface area (TPSA) is 176 Å². The third kappa shape index (κ3) is 7.10. The Labute approximate surface area is 252 Å². The lowest BCUT2D eigenvalue weighted by molar-refractivity contribution is -0.265. The number of carboxylic acids is 1. The van der Waals surface area contributed by atoms with Crippen LogP contribution >= 0.6 is 15.9 Å². The van der Waals surface area contributed by atoms with Crippen LogP contribution in [0.4, 0.5) is 17.2 Å². The maximum atomic E-state index is 13.5. The molecule has 2 aliphatic rings. The van der Waals surface area contributed by atoms with Crippen molar-refractivity contribution in [1.29, 1.82) is 5.41 Å². The van der Waals surface area contributed by atoms with E-state index in [2.05, 4.69) is 32.2 Å². The summed E-state index contributed by atoms with van der Waals surface area (Å²) in [5, 5.41) is 49.3. The molecule has 0 unspecified atom stereocenters. The number of aliphatic carboxylic acids is 1. The third-order valence-corrected chi connectivity index (χ3v) is 8.61. The Morgan fingerprint density at radius 2 is 1.88 bits per heavy atom. The molecule has 224 valence electrons. The molecule has 11 nitrogen and oxygen atoms in total. The molecule has 2 aliphatic carbocycles. The number of hydrogen-bond donors (Lipinski definition) is 6. The van der Waals surface area contributed by atoms with Gasteiger partial charge < -0.3 is 30.5 Å². The van der Waals surface area contributed by atoms with Gasteiger partial charge in [-0.2, -0.15) is 0 Å². The predicted molar refractivity (Wildman–Crippen MR) is 159 cm³/mol. The molecule has 1 heterocycles. The first-order valence-electron chi connectivity index (χ1n) is 13.6. The van der Waals surface area contributed by atoms with Crippen LogP contribution in [0, 0.1) is 35.5 Å². The summed E-state index contributed by atoms with van der Waals surface area (Å²) in [5.41, 5.74) is 2.27. The highest BCUT2D eigenvalue weighted by Crippen LogP contribution is 2.47. The number of pyridine rings is 1. The number of carboxylic acid groups (broad SMARTS) is 1. The number of rotatable bonds is 7. The Kier molecular flexibility index (Phi) is 8.99. The van der Waals surface area contributed by atoms with Crippen LogP contribution in [0.3, 0.4) is 0 Å². The first-order valence-corrected chi connectivity index (χ1v) is 14.4. The summed E-state index contributed by atoms with van der Waals surface area (Å²) < 4.78 is 6.90. The lowest BCUT2D eigenvalue weighted by Crippen LogP contribution is -2.40. The Morgan fingerprint density at radius 3 is 2.45 bits per heavy atom. The lowest BCUT2D eigenvalue weighted by Gasteiger charge is -2.40. The molecule has 12 heteroatoms. The minimum Gasteiger partial charge on any atom is -0.481 e. The Balaban J connectivity index is 1.75. The maximum absolute atomic E-state index is 13.5. The largest absolute Gasteiger partial charge is 0.481 e. The minimum atomic E-state index is -3.37. The van der Waals surface area contributed by atoms with Crippen molar-refractivity contribution in [2.75, 3.05) is 17.3 Å². The zero-order chi connectivity index (χ0) is 31.0. The van der Waals surface area contributed by atoms with E-state index < -0.39 is 35.3 Å². The van der Waals surface area contributed by atoms with Gasteiger partial charge in [0.15, 0.2) is 0 Å². The fraction of sp³-hybridized carbons (Fsp3) is 0.467. The maximum Gasteiger partial charge on any atom is 0.346 e. The van der Waals surface area contributed by atoms with Crippen molar-refractivity contribution in [2.45, 2.75) is 70.9 Å². The van der Waals surface area contributed by atoms with E-state index in [0.29, 0.717) is 30.6 Å². The zero-order valence-corrected chi connectivity index (χ0v) is 25.4. The molecule has 0 spiro atoms. The molecule has 4 rings (SSSR count). The average molecular weight is 644 g/mol. The van der Waals surface area contributed by atoms with E-state index in [0.717, 1.165) is 28.4 Å². The third-order valence-electron chi connectivity index (χ3n) is 7.76. The Hall–Kier alpha value is -3.50. The van der Waals surface area contributed by atoms with Gasteiger partial charge in [0.25, 0.3) is 0 Å². The lowest BCUT2D eigenvalue weighted by atomic mass is 9.68. The highest BCUT2D eigenvalue weighted by Gasteiger charge is 2.42. The van der Waals surface area contributed by atoms with E-state index in [1.165, 1.54) is 4.90 Å². The van der Waals surface area contributed by atoms with Crippen molar-refractivity contribution in [1.82, 2.24) is 4.98 Å². The van der Waals surface area contributed by atoms with Gasteiger partial charge in [-0.15, -0.1) is 0 Å². The van der Waals surface area contributed by atoms with Crippen LogP contribution in [0.2, 0.25) is 0 Å². The second kappa shape index (κ2) is 12.0. The van der Waals surface area contributed by atoms with E-state index in [4.69, 9.17) is 10.1 Å². The molecule has 6 N–H and O–H groups in total. The molecule has 0 saturated heterocycles. The van der Waals surface area contributed by atoms with Crippen molar-refractivity contribution in [3.8, 4) is 11.8 Å². The molecule has 2 aromatic rings. The van der Waals surface area contributed by atoms with E-state index in [-0.39, 0.29) is 23.3 Å². The summed E-state index contributed by atoms with van der Waals surface area (Å²) in [6.45, 7) is 5.63.